The third-order valence-electron chi connectivity index (χ3n) is 3.09. The lowest BCUT2D eigenvalue weighted by atomic mass is 10.2. The molecule has 1 aliphatic rings. The van der Waals surface area contributed by atoms with Crippen molar-refractivity contribution in [3.63, 3.8) is 0 Å². The molecule has 21 heavy (non-hydrogen) atoms. The van der Waals surface area contributed by atoms with Crippen molar-refractivity contribution in [3.05, 3.63) is 18.5 Å². The van der Waals surface area contributed by atoms with Crippen LogP contribution in [0.15, 0.2) is 18.5 Å². The van der Waals surface area contributed by atoms with Crippen LogP contribution in [-0.2, 0) is 9.53 Å². The second-order valence-corrected chi connectivity index (χ2v) is 4.42. The van der Waals surface area contributed by atoms with Crippen molar-refractivity contribution in [2.24, 2.45) is 5.73 Å². The molecule has 0 radical (unpaired) electrons. The summed E-state index contributed by atoms with van der Waals surface area (Å²) in [5.41, 5.74) is 5.75. The number of methoxy groups -OCH3 is 1. The van der Waals surface area contributed by atoms with Crippen molar-refractivity contribution < 1.29 is 9.53 Å². The Morgan fingerprint density at radius 2 is 1.86 bits per heavy atom. The Balaban J connectivity index is 0.00000200. The number of hydrogen-bond acceptors (Lipinski definition) is 6. The smallest absolute Gasteiger partial charge is 0.241 e. The Hall–Kier alpha value is -1.15. The lowest BCUT2D eigenvalue weighted by Gasteiger charge is -2.35. The van der Waals surface area contributed by atoms with Gasteiger partial charge in [-0.3, -0.25) is 4.79 Å². The summed E-state index contributed by atoms with van der Waals surface area (Å²) in [5.74, 6) is 0.645. The SMILES string of the molecule is COCC(N)C(=O)N1CCN(c2ncccn2)CC1.Cl.Cl. The van der Waals surface area contributed by atoms with Crippen molar-refractivity contribution in [1.82, 2.24) is 14.9 Å². The van der Waals surface area contributed by atoms with Crippen LogP contribution in [0, 0.1) is 0 Å². The van der Waals surface area contributed by atoms with Gasteiger partial charge in [0.2, 0.25) is 11.9 Å². The maximum absolute atomic E-state index is 12.0. The topological polar surface area (TPSA) is 84.6 Å². The largest absolute Gasteiger partial charge is 0.383 e. The van der Waals surface area contributed by atoms with Crippen molar-refractivity contribution in [2.75, 3.05) is 44.8 Å². The molecule has 1 unspecified atom stereocenters. The van der Waals surface area contributed by atoms with E-state index in [1.54, 1.807) is 23.4 Å². The summed E-state index contributed by atoms with van der Waals surface area (Å²) in [6.07, 6.45) is 3.43. The van der Waals surface area contributed by atoms with Gasteiger partial charge in [-0.15, -0.1) is 24.8 Å². The molecule has 0 aliphatic carbocycles. The Labute approximate surface area is 136 Å². The Morgan fingerprint density at radius 3 is 2.38 bits per heavy atom. The van der Waals surface area contributed by atoms with Gasteiger partial charge in [0.15, 0.2) is 0 Å². The molecule has 9 heteroatoms. The first-order valence-electron chi connectivity index (χ1n) is 6.27. The summed E-state index contributed by atoms with van der Waals surface area (Å²) in [6, 6.07) is 1.21. The molecule has 1 saturated heterocycles. The fraction of sp³-hybridized carbons (Fsp3) is 0.583. The molecule has 2 N–H and O–H groups in total. The highest BCUT2D eigenvalue weighted by atomic mass is 35.5. The highest BCUT2D eigenvalue weighted by Gasteiger charge is 2.25. The molecule has 0 saturated carbocycles. The van der Waals surface area contributed by atoms with Crippen LogP contribution in [0.2, 0.25) is 0 Å². The monoisotopic (exact) mass is 337 g/mol. The van der Waals surface area contributed by atoms with Crippen LogP contribution in [0.25, 0.3) is 0 Å². The number of aromatic nitrogens is 2. The molecule has 1 fully saturated rings. The van der Waals surface area contributed by atoms with Gasteiger partial charge in [0.05, 0.1) is 6.61 Å². The van der Waals surface area contributed by atoms with Gasteiger partial charge >= 0.3 is 0 Å². The van der Waals surface area contributed by atoms with Crippen LogP contribution in [0.3, 0.4) is 0 Å². The first kappa shape index (κ1) is 19.9. The molecule has 1 aromatic heterocycles. The number of carbonyl (C=O) groups excluding carboxylic acids is 1. The van der Waals surface area contributed by atoms with E-state index in [0.29, 0.717) is 19.0 Å². The van der Waals surface area contributed by atoms with E-state index in [0.717, 1.165) is 13.1 Å². The number of hydrogen-bond donors (Lipinski definition) is 1. The number of piperazine rings is 1. The van der Waals surface area contributed by atoms with Gasteiger partial charge in [0, 0.05) is 45.7 Å². The van der Waals surface area contributed by atoms with Crippen molar-refractivity contribution in [1.29, 1.82) is 0 Å². The molecule has 0 bridgehead atoms. The summed E-state index contributed by atoms with van der Waals surface area (Å²) in [6.45, 7) is 2.95. The Bertz CT molecular complexity index is 415. The number of rotatable bonds is 4. The number of amides is 1. The van der Waals surface area contributed by atoms with E-state index >= 15 is 0 Å². The van der Waals surface area contributed by atoms with Crippen LogP contribution in [0.1, 0.15) is 0 Å². The summed E-state index contributed by atoms with van der Waals surface area (Å²) in [4.78, 5) is 24.2. The predicted octanol–water partition coefficient (Wildman–Crippen LogP) is -0.0575. The van der Waals surface area contributed by atoms with Gasteiger partial charge in [-0.1, -0.05) is 0 Å². The van der Waals surface area contributed by atoms with E-state index < -0.39 is 6.04 Å². The molecule has 1 aliphatic heterocycles. The maximum atomic E-state index is 12.0. The second kappa shape index (κ2) is 9.73. The quantitative estimate of drug-likeness (QED) is 0.828. The number of ether oxygens (including phenoxy) is 1. The van der Waals surface area contributed by atoms with E-state index in [-0.39, 0.29) is 37.3 Å². The van der Waals surface area contributed by atoms with E-state index in [9.17, 15) is 4.79 Å². The first-order chi connectivity index (χ1) is 9.22. The molecule has 2 heterocycles. The number of carbonyl (C=O) groups is 1. The van der Waals surface area contributed by atoms with Gasteiger partial charge in [-0.25, -0.2) is 9.97 Å². The molecular weight excluding hydrogens is 317 g/mol. The summed E-state index contributed by atoms with van der Waals surface area (Å²) < 4.78 is 4.90. The molecule has 0 aromatic carbocycles. The van der Waals surface area contributed by atoms with Crippen LogP contribution in [-0.4, -0.2) is 66.7 Å². The van der Waals surface area contributed by atoms with E-state index in [2.05, 4.69) is 14.9 Å². The summed E-state index contributed by atoms with van der Waals surface area (Å²) in [7, 11) is 1.54. The molecule has 2 rings (SSSR count). The van der Waals surface area contributed by atoms with Gasteiger partial charge in [-0.05, 0) is 6.07 Å². The second-order valence-electron chi connectivity index (χ2n) is 4.42. The highest BCUT2D eigenvalue weighted by Crippen LogP contribution is 2.10. The zero-order chi connectivity index (χ0) is 13.7. The fourth-order valence-corrected chi connectivity index (χ4v) is 2.07. The average Bonchev–Trinajstić information content (AvgIpc) is 2.48. The van der Waals surface area contributed by atoms with Gasteiger partial charge in [-0.2, -0.15) is 0 Å². The van der Waals surface area contributed by atoms with Crippen LogP contribution in [0.4, 0.5) is 5.95 Å². The predicted molar refractivity (Wildman–Crippen MR) is 85.2 cm³/mol. The lowest BCUT2D eigenvalue weighted by Crippen LogP contribution is -2.54. The number of nitrogens with two attached hydrogens (primary N) is 1. The first-order valence-corrected chi connectivity index (χ1v) is 6.27. The van der Waals surface area contributed by atoms with Crippen molar-refractivity contribution >= 4 is 36.7 Å². The zero-order valence-corrected chi connectivity index (χ0v) is 13.5. The van der Waals surface area contributed by atoms with Gasteiger partial charge in [0.1, 0.15) is 6.04 Å². The average molecular weight is 338 g/mol. The lowest BCUT2D eigenvalue weighted by molar-refractivity contribution is -0.134. The summed E-state index contributed by atoms with van der Waals surface area (Å²) in [5, 5.41) is 0. The van der Waals surface area contributed by atoms with Crippen molar-refractivity contribution in [2.45, 2.75) is 6.04 Å². The number of nitrogens with zero attached hydrogens (tertiary/aromatic N) is 4. The van der Waals surface area contributed by atoms with E-state index in [1.807, 2.05) is 0 Å². The molecule has 1 amide bonds. The molecule has 0 spiro atoms. The third-order valence-corrected chi connectivity index (χ3v) is 3.09. The summed E-state index contributed by atoms with van der Waals surface area (Å²) >= 11 is 0. The van der Waals surface area contributed by atoms with E-state index in [1.165, 1.54) is 7.11 Å². The minimum Gasteiger partial charge on any atom is -0.383 e. The normalized spacial score (nSPS) is 15.7. The van der Waals surface area contributed by atoms with Crippen molar-refractivity contribution in [3.8, 4) is 0 Å². The minimum absolute atomic E-state index is 0. The molecule has 7 nitrogen and oxygen atoms in total. The molecule has 120 valence electrons. The maximum Gasteiger partial charge on any atom is 0.241 e. The third kappa shape index (κ3) is 5.28. The Morgan fingerprint density at radius 1 is 1.29 bits per heavy atom. The molecular formula is C12H21Cl2N5O2. The number of anilines is 1. The van der Waals surface area contributed by atoms with Crippen LogP contribution in [0.5, 0.6) is 0 Å². The standard InChI is InChI=1S/C12H19N5O2.2ClH/c1-19-9-10(13)11(18)16-5-7-17(8-6-16)12-14-3-2-4-15-12;;/h2-4,10H,5-9,13H2,1H3;2*1H. The minimum atomic E-state index is -0.579. The molecule has 1 atom stereocenters. The van der Waals surface area contributed by atoms with Gasteiger partial charge in [0.25, 0.3) is 0 Å². The Kier molecular flexibility index (Phi) is 9.19. The zero-order valence-electron chi connectivity index (χ0n) is 11.8. The van der Waals surface area contributed by atoms with Gasteiger partial charge < -0.3 is 20.3 Å². The van der Waals surface area contributed by atoms with Crippen LogP contribution >= 0.6 is 24.8 Å². The highest BCUT2D eigenvalue weighted by molar-refractivity contribution is 5.85. The molecule has 1 aromatic rings. The van der Waals surface area contributed by atoms with Crippen LogP contribution < -0.4 is 10.6 Å². The fourth-order valence-electron chi connectivity index (χ4n) is 2.07. The van der Waals surface area contributed by atoms with E-state index in [4.69, 9.17) is 10.5 Å². The number of halogens is 2.